The van der Waals surface area contributed by atoms with Crippen LogP contribution in [0.3, 0.4) is 0 Å². The normalized spacial score (nSPS) is 14.2. The van der Waals surface area contributed by atoms with Gasteiger partial charge in [0, 0.05) is 27.2 Å². The standard InChI is InChI=1S/C18H21F3N6O/c1-26(2)16-23-14(24-17(25-16)27-9-5-6-10-27)11-22-15(28)12-7-3-4-8-13(12)18(19,20)21/h3-4,7-8H,5-6,9-11H2,1-2H3,(H,22,28). The van der Waals surface area contributed by atoms with Crippen LogP contribution in [0.5, 0.6) is 0 Å². The number of benzene rings is 1. The zero-order valence-corrected chi connectivity index (χ0v) is 15.6. The third kappa shape index (κ3) is 4.49. The Morgan fingerprint density at radius 3 is 2.46 bits per heavy atom. The molecule has 1 aliphatic rings. The summed E-state index contributed by atoms with van der Waals surface area (Å²) in [6.45, 7) is 1.57. The molecule has 1 amide bonds. The highest BCUT2D eigenvalue weighted by atomic mass is 19.4. The van der Waals surface area contributed by atoms with Crippen LogP contribution < -0.4 is 15.1 Å². The molecular formula is C18H21F3N6O. The first-order valence-electron chi connectivity index (χ1n) is 8.87. The van der Waals surface area contributed by atoms with Gasteiger partial charge in [0.2, 0.25) is 11.9 Å². The van der Waals surface area contributed by atoms with Crippen molar-refractivity contribution in [2.45, 2.75) is 25.6 Å². The van der Waals surface area contributed by atoms with Crippen LogP contribution in [0.1, 0.15) is 34.6 Å². The predicted octanol–water partition coefficient (Wildman–Crippen LogP) is 2.49. The van der Waals surface area contributed by atoms with Gasteiger partial charge in [0.25, 0.3) is 5.91 Å². The first-order chi connectivity index (χ1) is 13.3. The molecule has 1 saturated heterocycles. The van der Waals surface area contributed by atoms with Gasteiger partial charge < -0.3 is 15.1 Å². The van der Waals surface area contributed by atoms with Gasteiger partial charge in [0.05, 0.1) is 17.7 Å². The fraction of sp³-hybridized carbons (Fsp3) is 0.444. The molecule has 7 nitrogen and oxygen atoms in total. The Morgan fingerprint density at radius 1 is 1.14 bits per heavy atom. The molecule has 3 rings (SSSR count). The van der Waals surface area contributed by atoms with Crippen molar-refractivity contribution in [1.29, 1.82) is 0 Å². The topological polar surface area (TPSA) is 74.2 Å². The summed E-state index contributed by atoms with van der Waals surface area (Å²) in [5, 5.41) is 2.48. The van der Waals surface area contributed by atoms with E-state index in [-0.39, 0.29) is 6.54 Å². The molecule has 10 heteroatoms. The number of anilines is 2. The van der Waals surface area contributed by atoms with Crippen molar-refractivity contribution in [2.24, 2.45) is 0 Å². The Balaban J connectivity index is 1.80. The van der Waals surface area contributed by atoms with E-state index in [2.05, 4.69) is 20.3 Å². The number of rotatable bonds is 5. The van der Waals surface area contributed by atoms with Crippen LogP contribution in [0.2, 0.25) is 0 Å². The minimum atomic E-state index is -4.61. The summed E-state index contributed by atoms with van der Waals surface area (Å²) in [5.41, 5.74) is -1.41. The van der Waals surface area contributed by atoms with Crippen molar-refractivity contribution in [3.05, 3.63) is 41.2 Å². The lowest BCUT2D eigenvalue weighted by atomic mass is 10.1. The highest BCUT2D eigenvalue weighted by molar-refractivity contribution is 5.95. The molecule has 1 aliphatic heterocycles. The summed E-state index contributed by atoms with van der Waals surface area (Å²) in [6.07, 6.45) is -2.52. The number of hydrogen-bond donors (Lipinski definition) is 1. The lowest BCUT2D eigenvalue weighted by Crippen LogP contribution is -2.28. The van der Waals surface area contributed by atoms with Crippen molar-refractivity contribution in [2.75, 3.05) is 37.0 Å². The maximum absolute atomic E-state index is 13.1. The van der Waals surface area contributed by atoms with Gasteiger partial charge in [-0.3, -0.25) is 4.79 Å². The van der Waals surface area contributed by atoms with Gasteiger partial charge in [0.1, 0.15) is 0 Å². The van der Waals surface area contributed by atoms with Gasteiger partial charge in [-0.25, -0.2) is 0 Å². The summed E-state index contributed by atoms with van der Waals surface area (Å²) >= 11 is 0. The Hall–Kier alpha value is -2.91. The van der Waals surface area contributed by atoms with Crippen LogP contribution in [0.25, 0.3) is 0 Å². The average molecular weight is 394 g/mol. The van der Waals surface area contributed by atoms with Crippen molar-refractivity contribution < 1.29 is 18.0 Å². The van der Waals surface area contributed by atoms with Crippen LogP contribution >= 0.6 is 0 Å². The monoisotopic (exact) mass is 394 g/mol. The molecule has 0 aliphatic carbocycles. The Labute approximate surface area is 160 Å². The molecule has 150 valence electrons. The van der Waals surface area contributed by atoms with Crippen molar-refractivity contribution in [3.8, 4) is 0 Å². The van der Waals surface area contributed by atoms with E-state index in [0.29, 0.717) is 17.7 Å². The highest BCUT2D eigenvalue weighted by Crippen LogP contribution is 2.31. The SMILES string of the molecule is CN(C)c1nc(CNC(=O)c2ccccc2C(F)(F)F)nc(N2CCCC2)n1. The number of halogens is 3. The Bertz CT molecular complexity index is 849. The molecule has 0 atom stereocenters. The Morgan fingerprint density at radius 2 is 1.82 bits per heavy atom. The summed E-state index contributed by atoms with van der Waals surface area (Å²) < 4.78 is 39.3. The van der Waals surface area contributed by atoms with Crippen molar-refractivity contribution >= 4 is 17.8 Å². The van der Waals surface area contributed by atoms with E-state index < -0.39 is 23.2 Å². The summed E-state index contributed by atoms with van der Waals surface area (Å²) in [5.74, 6) is 0.397. The van der Waals surface area contributed by atoms with Gasteiger partial charge in [-0.05, 0) is 25.0 Å². The first kappa shape index (κ1) is 19.8. The number of hydrogen-bond acceptors (Lipinski definition) is 6. The number of aromatic nitrogens is 3. The van der Waals surface area contributed by atoms with Crippen molar-refractivity contribution in [1.82, 2.24) is 20.3 Å². The first-order valence-corrected chi connectivity index (χ1v) is 8.87. The molecule has 1 aromatic carbocycles. The van der Waals surface area contributed by atoms with Crippen LogP contribution in [0.15, 0.2) is 24.3 Å². The number of carbonyl (C=O) groups excluding carboxylic acids is 1. The second-order valence-electron chi connectivity index (χ2n) is 6.67. The fourth-order valence-electron chi connectivity index (χ4n) is 2.92. The molecule has 0 saturated carbocycles. The zero-order chi connectivity index (χ0) is 20.3. The van der Waals surface area contributed by atoms with E-state index in [9.17, 15) is 18.0 Å². The Kier molecular flexibility index (Phi) is 5.66. The van der Waals surface area contributed by atoms with E-state index in [1.54, 1.807) is 19.0 Å². The van der Waals surface area contributed by atoms with Gasteiger partial charge in [-0.2, -0.15) is 28.1 Å². The molecule has 2 heterocycles. The van der Waals surface area contributed by atoms with Crippen LogP contribution in [-0.4, -0.2) is 48.0 Å². The van der Waals surface area contributed by atoms with E-state index in [1.165, 1.54) is 12.1 Å². The molecule has 1 fully saturated rings. The van der Waals surface area contributed by atoms with E-state index in [0.717, 1.165) is 38.1 Å². The zero-order valence-electron chi connectivity index (χ0n) is 15.6. The average Bonchev–Trinajstić information content (AvgIpc) is 3.20. The fourth-order valence-corrected chi connectivity index (χ4v) is 2.92. The summed E-state index contributed by atoms with van der Waals surface area (Å²) in [4.78, 5) is 29.2. The number of amides is 1. The molecule has 1 aromatic heterocycles. The summed E-state index contributed by atoms with van der Waals surface area (Å²) in [6, 6.07) is 4.67. The molecule has 0 spiro atoms. The maximum atomic E-state index is 13.1. The van der Waals surface area contributed by atoms with E-state index in [4.69, 9.17) is 0 Å². The quantitative estimate of drug-likeness (QED) is 0.840. The van der Waals surface area contributed by atoms with Gasteiger partial charge >= 0.3 is 6.18 Å². The third-order valence-corrected chi connectivity index (χ3v) is 4.33. The van der Waals surface area contributed by atoms with Crippen molar-refractivity contribution in [3.63, 3.8) is 0 Å². The highest BCUT2D eigenvalue weighted by Gasteiger charge is 2.34. The number of carbonyl (C=O) groups is 1. The second-order valence-corrected chi connectivity index (χ2v) is 6.67. The molecule has 2 aromatic rings. The number of nitrogens with zero attached hydrogens (tertiary/aromatic N) is 5. The summed E-state index contributed by atoms with van der Waals surface area (Å²) in [7, 11) is 3.57. The molecule has 0 bridgehead atoms. The lowest BCUT2D eigenvalue weighted by Gasteiger charge is -2.19. The second kappa shape index (κ2) is 7.99. The molecule has 0 radical (unpaired) electrons. The smallest absolute Gasteiger partial charge is 0.347 e. The minimum Gasteiger partial charge on any atom is -0.347 e. The van der Waals surface area contributed by atoms with E-state index in [1.807, 2.05) is 4.90 Å². The number of nitrogens with one attached hydrogen (secondary N) is 1. The third-order valence-electron chi connectivity index (χ3n) is 4.33. The van der Waals surface area contributed by atoms with Gasteiger partial charge in [0.15, 0.2) is 5.82 Å². The molecule has 0 unspecified atom stereocenters. The van der Waals surface area contributed by atoms with E-state index >= 15 is 0 Å². The molecule has 1 N–H and O–H groups in total. The van der Waals surface area contributed by atoms with Gasteiger partial charge in [-0.15, -0.1) is 0 Å². The largest absolute Gasteiger partial charge is 0.417 e. The van der Waals surface area contributed by atoms with Crippen LogP contribution in [0, 0.1) is 0 Å². The maximum Gasteiger partial charge on any atom is 0.417 e. The lowest BCUT2D eigenvalue weighted by molar-refractivity contribution is -0.137. The molecule has 28 heavy (non-hydrogen) atoms. The predicted molar refractivity (Wildman–Crippen MR) is 98.2 cm³/mol. The minimum absolute atomic E-state index is 0.102. The van der Waals surface area contributed by atoms with Crippen LogP contribution in [0.4, 0.5) is 25.1 Å². The molecular weight excluding hydrogens is 373 g/mol. The van der Waals surface area contributed by atoms with Gasteiger partial charge in [-0.1, -0.05) is 12.1 Å². The van der Waals surface area contributed by atoms with Crippen LogP contribution in [-0.2, 0) is 12.7 Å². The number of alkyl halides is 3.